The zero-order chi connectivity index (χ0) is 22.1. The summed E-state index contributed by atoms with van der Waals surface area (Å²) in [5.41, 5.74) is 3.82. The quantitative estimate of drug-likeness (QED) is 0.353. The summed E-state index contributed by atoms with van der Waals surface area (Å²) in [6, 6.07) is 17.1. The highest BCUT2D eigenvalue weighted by molar-refractivity contribution is 7.99. The largest absolute Gasteiger partial charge is 0.447 e. The lowest BCUT2D eigenvalue weighted by atomic mass is 10.1. The number of para-hydroxylation sites is 2. The van der Waals surface area contributed by atoms with E-state index in [2.05, 4.69) is 32.2 Å². The Hall–Kier alpha value is -3.85. The van der Waals surface area contributed by atoms with Gasteiger partial charge >= 0.3 is 0 Å². The van der Waals surface area contributed by atoms with Gasteiger partial charge in [-0.15, -0.1) is 16.8 Å². The highest BCUT2D eigenvalue weighted by Gasteiger charge is 2.30. The number of rotatable bonds is 5. The van der Waals surface area contributed by atoms with Crippen LogP contribution in [0.3, 0.4) is 0 Å². The molecular formula is C23H20N6O2S. The minimum Gasteiger partial charge on any atom is -0.447 e. The van der Waals surface area contributed by atoms with Crippen LogP contribution < -0.4 is 15.6 Å². The number of hydrogen-bond donors (Lipinski definition) is 2. The number of aromatic nitrogens is 5. The first kappa shape index (κ1) is 20.1. The fourth-order valence-electron chi connectivity index (χ4n) is 3.60. The molecule has 1 aliphatic rings. The van der Waals surface area contributed by atoms with E-state index in [1.165, 1.54) is 16.4 Å². The molecule has 0 bridgehead atoms. The van der Waals surface area contributed by atoms with E-state index in [9.17, 15) is 4.79 Å². The van der Waals surface area contributed by atoms with E-state index in [1.54, 1.807) is 6.08 Å². The molecule has 160 valence electrons. The van der Waals surface area contributed by atoms with Crippen molar-refractivity contribution in [3.8, 4) is 22.8 Å². The average Bonchev–Trinajstić information content (AvgIpc) is 3.02. The van der Waals surface area contributed by atoms with Crippen LogP contribution in [-0.4, -0.2) is 30.7 Å². The maximum absolute atomic E-state index is 13.4. The van der Waals surface area contributed by atoms with Crippen LogP contribution in [0.4, 0.5) is 5.69 Å². The van der Waals surface area contributed by atoms with E-state index in [0.717, 1.165) is 16.9 Å². The molecule has 8 nitrogen and oxygen atoms in total. The Kier molecular flexibility index (Phi) is 5.24. The molecule has 5 rings (SSSR count). The van der Waals surface area contributed by atoms with Crippen LogP contribution in [0.25, 0.3) is 16.9 Å². The topological polar surface area (TPSA) is 97.7 Å². The van der Waals surface area contributed by atoms with Crippen molar-refractivity contribution in [2.45, 2.75) is 18.3 Å². The molecule has 0 aliphatic carbocycles. The molecule has 0 spiro atoms. The van der Waals surface area contributed by atoms with Crippen molar-refractivity contribution >= 4 is 17.4 Å². The van der Waals surface area contributed by atoms with Gasteiger partial charge in [-0.1, -0.05) is 54.2 Å². The van der Waals surface area contributed by atoms with Crippen molar-refractivity contribution in [3.63, 3.8) is 0 Å². The minimum absolute atomic E-state index is 0.199. The molecule has 2 aromatic heterocycles. The van der Waals surface area contributed by atoms with Gasteiger partial charge in [0.25, 0.3) is 5.56 Å². The third-order valence-electron chi connectivity index (χ3n) is 5.06. The summed E-state index contributed by atoms with van der Waals surface area (Å²) in [5.74, 6) is 0.970. The van der Waals surface area contributed by atoms with Gasteiger partial charge in [0.1, 0.15) is 5.56 Å². The average molecular weight is 445 g/mol. The van der Waals surface area contributed by atoms with Crippen molar-refractivity contribution in [3.05, 3.63) is 88.9 Å². The van der Waals surface area contributed by atoms with Crippen molar-refractivity contribution in [2.75, 3.05) is 11.1 Å². The summed E-state index contributed by atoms with van der Waals surface area (Å²) in [4.78, 5) is 18.0. The first-order chi connectivity index (χ1) is 15.7. The van der Waals surface area contributed by atoms with E-state index in [-0.39, 0.29) is 5.56 Å². The number of anilines is 1. The summed E-state index contributed by atoms with van der Waals surface area (Å²) in [5, 5.41) is 15.6. The minimum atomic E-state index is -0.764. The lowest BCUT2D eigenvalue weighted by Gasteiger charge is -2.17. The van der Waals surface area contributed by atoms with E-state index in [0.29, 0.717) is 33.7 Å². The van der Waals surface area contributed by atoms with Gasteiger partial charge in [0.15, 0.2) is 5.69 Å². The van der Waals surface area contributed by atoms with Crippen LogP contribution in [0.15, 0.2) is 77.2 Å². The zero-order valence-corrected chi connectivity index (χ0v) is 18.1. The number of nitrogens with zero attached hydrogens (tertiary/aromatic N) is 4. The zero-order valence-electron chi connectivity index (χ0n) is 17.3. The van der Waals surface area contributed by atoms with Crippen LogP contribution >= 0.6 is 11.8 Å². The van der Waals surface area contributed by atoms with Gasteiger partial charge in [-0.2, -0.15) is 4.98 Å². The number of benzene rings is 2. The summed E-state index contributed by atoms with van der Waals surface area (Å²) in [6.45, 7) is 5.58. The Balaban J connectivity index is 1.62. The summed E-state index contributed by atoms with van der Waals surface area (Å²) in [7, 11) is 0. The first-order valence-electron chi connectivity index (χ1n) is 10.0. The van der Waals surface area contributed by atoms with E-state index < -0.39 is 6.23 Å². The summed E-state index contributed by atoms with van der Waals surface area (Å²) >= 11 is 1.41. The van der Waals surface area contributed by atoms with Crippen LogP contribution in [0.5, 0.6) is 5.88 Å². The van der Waals surface area contributed by atoms with Crippen molar-refractivity contribution < 1.29 is 4.74 Å². The number of fused-ring (bicyclic) bond motifs is 3. The second-order valence-electron chi connectivity index (χ2n) is 7.16. The molecule has 2 aromatic carbocycles. The standard InChI is InChI=1S/C23H20N6O2S/c1-3-13-32-23-25-21-19(26-27-23)16-11-7-8-12-17(16)24-20(31-21)18-14(2)28-29(22(18)30)15-9-5-4-6-10-15/h3-12,20,24,28H,1,13H2,2H3/t20-/m1/s1. The van der Waals surface area contributed by atoms with E-state index in [1.807, 2.05) is 61.5 Å². The number of H-pyrrole nitrogens is 1. The number of nitrogens with one attached hydrogen (secondary N) is 2. The molecule has 1 atom stereocenters. The third kappa shape index (κ3) is 3.56. The van der Waals surface area contributed by atoms with Gasteiger partial charge in [-0.05, 0) is 25.1 Å². The fourth-order valence-corrected chi connectivity index (χ4v) is 4.11. The Morgan fingerprint density at radius 2 is 1.94 bits per heavy atom. The van der Waals surface area contributed by atoms with Gasteiger partial charge in [0.2, 0.25) is 17.3 Å². The fraction of sp³-hybridized carbons (Fsp3) is 0.130. The Labute approximate surface area is 188 Å². The maximum atomic E-state index is 13.4. The molecule has 0 unspecified atom stereocenters. The Morgan fingerprint density at radius 1 is 1.16 bits per heavy atom. The molecule has 9 heteroatoms. The number of ether oxygens (including phenoxy) is 1. The number of aryl methyl sites for hydroxylation is 1. The number of thioether (sulfide) groups is 1. The molecule has 0 fully saturated rings. The molecule has 0 saturated heterocycles. The second kappa shape index (κ2) is 8.35. The van der Waals surface area contributed by atoms with Crippen LogP contribution in [0.2, 0.25) is 0 Å². The van der Waals surface area contributed by atoms with Gasteiger partial charge in [0.05, 0.1) is 5.69 Å². The van der Waals surface area contributed by atoms with Crippen LogP contribution in [0, 0.1) is 6.92 Å². The van der Waals surface area contributed by atoms with Crippen LogP contribution in [-0.2, 0) is 0 Å². The molecule has 3 heterocycles. The van der Waals surface area contributed by atoms with Gasteiger partial charge in [-0.3, -0.25) is 9.89 Å². The normalized spacial score (nSPS) is 14.5. The molecule has 32 heavy (non-hydrogen) atoms. The van der Waals surface area contributed by atoms with Gasteiger partial charge in [-0.25, -0.2) is 4.68 Å². The predicted octanol–water partition coefficient (Wildman–Crippen LogP) is 4.11. The SMILES string of the molecule is C=CCSc1nnc2c(n1)O[C@H](c1c(C)[nH]n(-c3ccccc3)c1=O)Nc1ccccc1-2. The monoisotopic (exact) mass is 444 g/mol. The molecule has 2 N–H and O–H groups in total. The maximum Gasteiger partial charge on any atom is 0.280 e. The molecule has 4 aromatic rings. The molecular weight excluding hydrogens is 424 g/mol. The van der Waals surface area contributed by atoms with Crippen molar-refractivity contribution in [1.82, 2.24) is 25.0 Å². The van der Waals surface area contributed by atoms with Gasteiger partial charge < -0.3 is 10.1 Å². The molecule has 0 saturated carbocycles. The molecule has 0 radical (unpaired) electrons. The molecule has 1 aliphatic heterocycles. The van der Waals surface area contributed by atoms with Crippen LogP contribution in [0.1, 0.15) is 17.5 Å². The summed E-state index contributed by atoms with van der Waals surface area (Å²) in [6.07, 6.45) is 1.01. The highest BCUT2D eigenvalue weighted by Crippen LogP contribution is 2.39. The van der Waals surface area contributed by atoms with E-state index >= 15 is 0 Å². The summed E-state index contributed by atoms with van der Waals surface area (Å²) < 4.78 is 7.77. The molecule has 0 amide bonds. The lowest BCUT2D eigenvalue weighted by molar-refractivity contribution is 0.223. The van der Waals surface area contributed by atoms with Crippen molar-refractivity contribution in [2.24, 2.45) is 0 Å². The first-order valence-corrected chi connectivity index (χ1v) is 11.0. The Morgan fingerprint density at radius 3 is 2.75 bits per heavy atom. The van der Waals surface area contributed by atoms with Gasteiger partial charge in [0, 0.05) is 22.7 Å². The predicted molar refractivity (Wildman–Crippen MR) is 124 cm³/mol. The Bertz CT molecular complexity index is 1350. The van der Waals surface area contributed by atoms with Crippen molar-refractivity contribution in [1.29, 1.82) is 0 Å². The highest BCUT2D eigenvalue weighted by atomic mass is 32.2. The number of aromatic amines is 1. The second-order valence-corrected chi connectivity index (χ2v) is 8.15. The number of hydrogen-bond acceptors (Lipinski definition) is 7. The smallest absolute Gasteiger partial charge is 0.280 e. The third-order valence-corrected chi connectivity index (χ3v) is 5.89. The van der Waals surface area contributed by atoms with E-state index in [4.69, 9.17) is 4.74 Å². The lowest BCUT2D eigenvalue weighted by Crippen LogP contribution is -2.26.